The van der Waals surface area contributed by atoms with Crippen molar-refractivity contribution < 1.29 is 34.9 Å². The number of hydrogen-bond donors (Lipinski definition) is 0. The molecular weight excluding hydrogens is 388 g/mol. The standard InChI is InChI=1S/C13H18F3O5PS2/c1-9(2)21-22(3,17)8-20-24(18,19)12-10(13(14,15)16)6-5-7-11(12)23-4/h5-7,9H,8H2,1-4H3. The van der Waals surface area contributed by atoms with Crippen LogP contribution < -0.4 is 0 Å². The molecule has 0 bridgehead atoms. The van der Waals surface area contributed by atoms with E-state index < -0.39 is 46.6 Å². The predicted octanol–water partition coefficient (Wildman–Crippen LogP) is 4.42. The van der Waals surface area contributed by atoms with Crippen molar-refractivity contribution in [1.29, 1.82) is 0 Å². The van der Waals surface area contributed by atoms with E-state index in [0.717, 1.165) is 24.5 Å². The lowest BCUT2D eigenvalue weighted by Crippen LogP contribution is -2.17. The minimum absolute atomic E-state index is 0.111. The normalized spacial score (nSPS) is 15.5. The van der Waals surface area contributed by atoms with Crippen LogP contribution in [-0.2, 0) is 29.6 Å². The van der Waals surface area contributed by atoms with Gasteiger partial charge < -0.3 is 4.52 Å². The van der Waals surface area contributed by atoms with Gasteiger partial charge in [-0.1, -0.05) is 6.07 Å². The number of halogens is 3. The molecule has 0 N–H and O–H groups in total. The maximum absolute atomic E-state index is 13.1. The van der Waals surface area contributed by atoms with Crippen LogP contribution in [0.1, 0.15) is 19.4 Å². The van der Waals surface area contributed by atoms with Crippen LogP contribution in [0.25, 0.3) is 0 Å². The lowest BCUT2D eigenvalue weighted by molar-refractivity contribution is -0.140. The molecule has 138 valence electrons. The Bertz CT molecular complexity index is 732. The summed E-state index contributed by atoms with van der Waals surface area (Å²) in [5.74, 6) is 0. The first kappa shape index (κ1) is 21.5. The lowest BCUT2D eigenvalue weighted by atomic mass is 10.2. The molecule has 24 heavy (non-hydrogen) atoms. The van der Waals surface area contributed by atoms with E-state index in [4.69, 9.17) is 4.52 Å². The Morgan fingerprint density at radius 1 is 1.29 bits per heavy atom. The van der Waals surface area contributed by atoms with Gasteiger partial charge in [0.05, 0.1) is 11.7 Å². The van der Waals surface area contributed by atoms with E-state index in [0.29, 0.717) is 6.07 Å². The molecule has 0 aromatic heterocycles. The number of rotatable bonds is 7. The maximum Gasteiger partial charge on any atom is 0.417 e. The Morgan fingerprint density at radius 2 is 1.88 bits per heavy atom. The van der Waals surface area contributed by atoms with Gasteiger partial charge in [-0.25, -0.2) is 0 Å². The quantitative estimate of drug-likeness (QED) is 0.379. The number of alkyl halides is 3. The molecule has 0 radical (unpaired) electrons. The summed E-state index contributed by atoms with van der Waals surface area (Å²) in [7, 11) is -8.21. The summed E-state index contributed by atoms with van der Waals surface area (Å²) in [6.45, 7) is 4.35. The summed E-state index contributed by atoms with van der Waals surface area (Å²) in [5, 5.41) is 0. The lowest BCUT2D eigenvalue weighted by Gasteiger charge is -2.19. The molecule has 0 amide bonds. The van der Waals surface area contributed by atoms with Crippen LogP contribution >= 0.6 is 19.1 Å². The van der Waals surface area contributed by atoms with Crippen LogP contribution in [0, 0.1) is 0 Å². The van der Waals surface area contributed by atoms with E-state index in [-0.39, 0.29) is 4.90 Å². The zero-order valence-corrected chi connectivity index (χ0v) is 16.0. The Hall–Kier alpha value is -0.540. The van der Waals surface area contributed by atoms with Crippen LogP contribution in [0.4, 0.5) is 13.2 Å². The summed E-state index contributed by atoms with van der Waals surface area (Å²) in [6, 6.07) is 3.01. The maximum atomic E-state index is 13.1. The molecule has 1 aromatic carbocycles. The predicted molar refractivity (Wildman–Crippen MR) is 86.1 cm³/mol. The molecule has 11 heteroatoms. The highest BCUT2D eigenvalue weighted by Gasteiger charge is 2.39. The van der Waals surface area contributed by atoms with Gasteiger partial charge in [-0.05, 0) is 32.2 Å². The molecule has 0 fully saturated rings. The molecular formula is C13H18F3O5PS2. The van der Waals surface area contributed by atoms with Gasteiger partial charge in [-0.2, -0.15) is 21.6 Å². The van der Waals surface area contributed by atoms with Gasteiger partial charge in [0.1, 0.15) is 11.2 Å². The molecule has 0 saturated heterocycles. The summed E-state index contributed by atoms with van der Waals surface area (Å²) in [4.78, 5) is -1.09. The number of thioether (sulfide) groups is 1. The largest absolute Gasteiger partial charge is 0.417 e. The van der Waals surface area contributed by atoms with E-state index in [2.05, 4.69) is 4.18 Å². The first-order chi connectivity index (χ1) is 10.8. The van der Waals surface area contributed by atoms with Crippen LogP contribution in [0.5, 0.6) is 0 Å². The van der Waals surface area contributed by atoms with Gasteiger partial charge in [-0.3, -0.25) is 8.75 Å². The highest BCUT2D eigenvalue weighted by atomic mass is 32.2. The van der Waals surface area contributed by atoms with Gasteiger partial charge in [-0.15, -0.1) is 11.8 Å². The van der Waals surface area contributed by atoms with E-state index in [1.807, 2.05) is 0 Å². The van der Waals surface area contributed by atoms with E-state index in [1.54, 1.807) is 13.8 Å². The zero-order chi connectivity index (χ0) is 18.8. The Morgan fingerprint density at radius 3 is 2.33 bits per heavy atom. The molecule has 0 spiro atoms. The van der Waals surface area contributed by atoms with Crippen molar-refractivity contribution in [2.45, 2.75) is 35.9 Å². The van der Waals surface area contributed by atoms with Crippen LogP contribution in [0.2, 0.25) is 0 Å². The second-order valence-corrected chi connectivity index (χ2v) is 10.1. The van der Waals surface area contributed by atoms with Crippen LogP contribution in [-0.4, -0.2) is 33.8 Å². The van der Waals surface area contributed by atoms with E-state index in [9.17, 15) is 26.2 Å². The third-order valence-corrected chi connectivity index (χ3v) is 6.55. The van der Waals surface area contributed by atoms with Crippen LogP contribution in [0.3, 0.4) is 0 Å². The summed E-state index contributed by atoms with van der Waals surface area (Å²) in [5.41, 5.74) is -1.33. The van der Waals surface area contributed by atoms with Crippen molar-refractivity contribution in [2.75, 3.05) is 19.3 Å². The molecule has 0 heterocycles. The topological polar surface area (TPSA) is 69.7 Å². The molecule has 1 atom stereocenters. The Labute approximate surface area is 143 Å². The molecule has 0 aliphatic carbocycles. The molecule has 1 unspecified atom stereocenters. The molecule has 0 saturated carbocycles. The van der Waals surface area contributed by atoms with Crippen molar-refractivity contribution in [3.05, 3.63) is 23.8 Å². The molecule has 1 aromatic rings. The number of benzene rings is 1. The molecule has 0 aliphatic heterocycles. The number of hydrogen-bond acceptors (Lipinski definition) is 6. The first-order valence-electron chi connectivity index (χ1n) is 6.69. The third kappa shape index (κ3) is 5.77. The monoisotopic (exact) mass is 406 g/mol. The minimum Gasteiger partial charge on any atom is -0.324 e. The fourth-order valence-corrected chi connectivity index (χ4v) is 6.08. The van der Waals surface area contributed by atoms with Gasteiger partial charge in [0.15, 0.2) is 0 Å². The smallest absolute Gasteiger partial charge is 0.324 e. The zero-order valence-electron chi connectivity index (χ0n) is 13.5. The minimum atomic E-state index is -4.87. The summed E-state index contributed by atoms with van der Waals surface area (Å²) >= 11 is 0.837. The average Bonchev–Trinajstić information content (AvgIpc) is 2.42. The highest BCUT2D eigenvalue weighted by Crippen LogP contribution is 2.45. The van der Waals surface area contributed by atoms with E-state index >= 15 is 0 Å². The van der Waals surface area contributed by atoms with Crippen molar-refractivity contribution in [3.8, 4) is 0 Å². The van der Waals surface area contributed by atoms with E-state index in [1.165, 1.54) is 12.3 Å². The average molecular weight is 406 g/mol. The Kier molecular flexibility index (Phi) is 6.97. The molecule has 5 nitrogen and oxygen atoms in total. The van der Waals surface area contributed by atoms with Crippen molar-refractivity contribution in [2.24, 2.45) is 0 Å². The molecule has 0 aliphatic rings. The van der Waals surface area contributed by atoms with Gasteiger partial charge in [0.25, 0.3) is 10.1 Å². The van der Waals surface area contributed by atoms with Gasteiger partial charge in [0.2, 0.25) is 7.37 Å². The highest BCUT2D eigenvalue weighted by molar-refractivity contribution is 7.99. The second-order valence-electron chi connectivity index (χ2n) is 5.20. The molecule has 1 rings (SSSR count). The van der Waals surface area contributed by atoms with Crippen molar-refractivity contribution in [3.63, 3.8) is 0 Å². The fraction of sp³-hybridized carbons (Fsp3) is 0.538. The van der Waals surface area contributed by atoms with Crippen molar-refractivity contribution >= 4 is 29.2 Å². The van der Waals surface area contributed by atoms with Crippen molar-refractivity contribution in [1.82, 2.24) is 0 Å². The second kappa shape index (κ2) is 7.78. The summed E-state index contributed by atoms with van der Waals surface area (Å²) < 4.78 is 85.8. The fourth-order valence-electron chi connectivity index (χ4n) is 1.86. The van der Waals surface area contributed by atoms with Crippen LogP contribution in [0.15, 0.2) is 28.0 Å². The summed E-state index contributed by atoms with van der Waals surface area (Å²) in [6.07, 6.45) is -4.72. The Balaban J connectivity index is 3.26. The van der Waals surface area contributed by atoms with Gasteiger partial charge in [0, 0.05) is 11.6 Å². The first-order valence-corrected chi connectivity index (χ1v) is 11.6. The van der Waals surface area contributed by atoms with Gasteiger partial charge >= 0.3 is 6.18 Å². The SMILES string of the molecule is CSc1cccc(C(F)(F)F)c1S(=O)(=O)OCP(C)(=O)OC(C)C. The third-order valence-electron chi connectivity index (χ3n) is 2.63.